The third kappa shape index (κ3) is 10.1. The summed E-state index contributed by atoms with van der Waals surface area (Å²) in [5, 5.41) is 26.4. The topological polar surface area (TPSA) is 191 Å². The molecule has 5 atom stereocenters. The van der Waals surface area contributed by atoms with Gasteiger partial charge in [-0.1, -0.05) is 38.1 Å². The van der Waals surface area contributed by atoms with Gasteiger partial charge in [0.15, 0.2) is 24.2 Å². The maximum Gasteiger partial charge on any atom is 0.420 e. The molecule has 19 heteroatoms. The number of likely N-dealkylation sites (tertiary alicyclic amines) is 2. The second-order valence-corrected chi connectivity index (χ2v) is 15.3. The monoisotopic (exact) mass is 872 g/mol. The summed E-state index contributed by atoms with van der Waals surface area (Å²) in [6.45, 7) is 13.6. The van der Waals surface area contributed by atoms with Gasteiger partial charge in [-0.3, -0.25) is 14.4 Å². The third-order valence-corrected chi connectivity index (χ3v) is 11.1. The number of alkyl halides is 3. The molecule has 6 aromatic rings. The summed E-state index contributed by atoms with van der Waals surface area (Å²) in [7, 11) is 0. The van der Waals surface area contributed by atoms with Crippen LogP contribution in [0.2, 0.25) is 0 Å². The van der Waals surface area contributed by atoms with E-state index in [4.69, 9.17) is 8.83 Å². The van der Waals surface area contributed by atoms with E-state index < -0.39 is 23.9 Å². The summed E-state index contributed by atoms with van der Waals surface area (Å²) < 4.78 is 50.0. The molecule has 1 N–H and O–H groups in total. The Hall–Kier alpha value is -6.50. The zero-order valence-corrected chi connectivity index (χ0v) is 36.2. The molecule has 16 nitrogen and oxygen atoms in total. The van der Waals surface area contributed by atoms with Crippen LogP contribution in [-0.4, -0.2) is 104 Å². The predicted molar refractivity (Wildman–Crippen MR) is 223 cm³/mol. The summed E-state index contributed by atoms with van der Waals surface area (Å²) in [5.41, 5.74) is 2.69. The molecule has 4 aromatic heterocycles. The standard InChI is InChI=1S/C21H22F3N5O3.C21H23N5O3.C2H6/c1-12-7-8-14(19-27-17(13(2)32-19)18(30)21(22,23)24)11-28(12)20(31)15-5-3-4-6-16(15)29-25-9-10-26-29;1-13-10-22-26(24-13)19-7-5-4-6-17(19)21(28)25-11-16(9-8-14(25)2)20-23-18(12-27)15(3)29-20;1-2/h3-6,9-10,12,14,18,30H,7-8,11H2,1-2H3;4-7,10,12,14,16H,8-9,11H2,1-3H3;1-2H3/t12-,14?,18?;14-,16?;/m11./s1. The number of carbonyl (C=O) groups excluding carboxylic acids is 3. The van der Waals surface area contributed by atoms with Gasteiger partial charge in [-0.15, -0.1) is 0 Å². The highest BCUT2D eigenvalue weighted by Gasteiger charge is 2.43. The lowest BCUT2D eigenvalue weighted by Gasteiger charge is -2.37. The SMILES string of the molecule is CC.Cc1cnn(-c2ccccc2C(=O)N2CC(c3nc(C=O)c(C)o3)CC[C@H]2C)n1.Cc1oc(C2CC[C@@H](C)N(C(=O)c3ccccc3-n3nccn3)C2)nc1C(O)C(F)(F)F. The van der Waals surface area contributed by atoms with Crippen molar-refractivity contribution in [2.24, 2.45) is 0 Å². The number of amides is 2. The first-order valence-electron chi connectivity index (χ1n) is 20.8. The number of rotatable bonds is 8. The Morgan fingerprint density at radius 1 is 0.746 bits per heavy atom. The zero-order chi connectivity index (χ0) is 45.6. The summed E-state index contributed by atoms with van der Waals surface area (Å²) in [6.07, 6.45) is 0.729. The maximum atomic E-state index is 13.5. The number of aromatic nitrogens is 8. The number of aliphatic hydroxyl groups is 1. The number of para-hydroxylation sites is 2. The number of carbonyl (C=O) groups is 3. The van der Waals surface area contributed by atoms with Gasteiger partial charge in [-0.2, -0.15) is 43.2 Å². The van der Waals surface area contributed by atoms with Gasteiger partial charge < -0.3 is 23.7 Å². The van der Waals surface area contributed by atoms with Crippen molar-refractivity contribution in [3.63, 3.8) is 0 Å². The average molecular weight is 873 g/mol. The molecule has 3 unspecified atom stereocenters. The van der Waals surface area contributed by atoms with Crippen LogP contribution >= 0.6 is 0 Å². The van der Waals surface area contributed by atoms with Crippen LogP contribution in [0.15, 0.2) is 76.0 Å². The van der Waals surface area contributed by atoms with E-state index in [0.29, 0.717) is 65.5 Å². The van der Waals surface area contributed by atoms with Gasteiger partial charge >= 0.3 is 6.18 Å². The molecule has 0 bridgehead atoms. The van der Waals surface area contributed by atoms with Crippen LogP contribution < -0.4 is 0 Å². The van der Waals surface area contributed by atoms with Crippen LogP contribution in [0.1, 0.15) is 137 Å². The second kappa shape index (κ2) is 19.7. The number of hydrogen-bond donors (Lipinski definition) is 1. The zero-order valence-electron chi connectivity index (χ0n) is 36.2. The fraction of sp³-hybridized carbons (Fsp3) is 0.432. The second-order valence-electron chi connectivity index (χ2n) is 15.3. The summed E-state index contributed by atoms with van der Waals surface area (Å²) in [6, 6.07) is 14.3. The van der Waals surface area contributed by atoms with Crippen LogP contribution in [0.4, 0.5) is 13.2 Å². The molecule has 2 aromatic carbocycles. The van der Waals surface area contributed by atoms with E-state index in [2.05, 4.69) is 30.4 Å². The number of aliphatic hydroxyl groups excluding tert-OH is 1. The normalized spacial score (nSPS) is 19.3. The Labute approximate surface area is 362 Å². The maximum absolute atomic E-state index is 13.5. The number of benzene rings is 2. The van der Waals surface area contributed by atoms with Crippen molar-refractivity contribution < 1.29 is 41.5 Å². The molecule has 0 spiro atoms. The minimum Gasteiger partial charge on any atom is -0.445 e. The molecule has 6 heterocycles. The van der Waals surface area contributed by atoms with Gasteiger partial charge in [0.25, 0.3) is 11.8 Å². The first-order chi connectivity index (χ1) is 30.1. The van der Waals surface area contributed by atoms with Crippen molar-refractivity contribution in [3.8, 4) is 11.4 Å². The average Bonchev–Trinajstić information content (AvgIpc) is 4.12. The molecule has 2 aliphatic heterocycles. The molecule has 0 saturated carbocycles. The Bertz CT molecular complexity index is 2500. The highest BCUT2D eigenvalue weighted by molar-refractivity contribution is 5.98. The van der Waals surface area contributed by atoms with Crippen LogP contribution in [-0.2, 0) is 0 Å². The number of aryl methyl sites for hydroxylation is 3. The van der Waals surface area contributed by atoms with Gasteiger partial charge in [0, 0.05) is 25.2 Å². The van der Waals surface area contributed by atoms with E-state index in [9.17, 15) is 32.7 Å². The molecule has 334 valence electrons. The minimum absolute atomic E-state index is 0.0419. The van der Waals surface area contributed by atoms with Crippen molar-refractivity contribution in [1.29, 1.82) is 0 Å². The summed E-state index contributed by atoms with van der Waals surface area (Å²) in [5.74, 6) is 0.284. The van der Waals surface area contributed by atoms with Crippen molar-refractivity contribution in [2.75, 3.05) is 13.1 Å². The van der Waals surface area contributed by atoms with Crippen LogP contribution in [0, 0.1) is 20.8 Å². The predicted octanol–water partition coefficient (Wildman–Crippen LogP) is 7.69. The van der Waals surface area contributed by atoms with Crippen molar-refractivity contribution in [2.45, 2.75) is 110 Å². The number of oxazole rings is 2. The van der Waals surface area contributed by atoms with Crippen LogP contribution in [0.5, 0.6) is 0 Å². The molecular formula is C44H51F3N10O6. The Kier molecular flexibility index (Phi) is 14.4. The highest BCUT2D eigenvalue weighted by atomic mass is 19.4. The fourth-order valence-corrected chi connectivity index (χ4v) is 7.67. The van der Waals surface area contributed by atoms with Crippen molar-refractivity contribution in [3.05, 3.63) is 119 Å². The lowest BCUT2D eigenvalue weighted by Crippen LogP contribution is -2.45. The van der Waals surface area contributed by atoms with Crippen LogP contribution in [0.25, 0.3) is 11.4 Å². The molecule has 63 heavy (non-hydrogen) atoms. The van der Waals surface area contributed by atoms with Gasteiger partial charge in [-0.25, -0.2) is 9.97 Å². The van der Waals surface area contributed by atoms with Gasteiger partial charge in [0.05, 0.1) is 58.6 Å². The molecule has 0 radical (unpaired) electrons. The smallest absolute Gasteiger partial charge is 0.420 e. The largest absolute Gasteiger partial charge is 0.445 e. The highest BCUT2D eigenvalue weighted by Crippen LogP contribution is 2.38. The number of piperidine rings is 2. The van der Waals surface area contributed by atoms with Crippen LogP contribution in [0.3, 0.4) is 0 Å². The molecule has 2 amide bonds. The number of nitrogens with zero attached hydrogens (tertiary/aromatic N) is 10. The molecule has 8 rings (SSSR count). The van der Waals surface area contributed by atoms with Crippen molar-refractivity contribution in [1.82, 2.24) is 49.8 Å². The van der Waals surface area contributed by atoms with Crippen molar-refractivity contribution >= 4 is 18.1 Å². The lowest BCUT2D eigenvalue weighted by atomic mass is 9.92. The van der Waals surface area contributed by atoms with Gasteiger partial charge in [-0.05, 0) is 84.6 Å². The van der Waals surface area contributed by atoms with E-state index in [1.807, 2.05) is 57.7 Å². The first-order valence-corrected chi connectivity index (χ1v) is 20.8. The van der Waals surface area contributed by atoms with E-state index in [0.717, 1.165) is 18.5 Å². The quantitative estimate of drug-likeness (QED) is 0.147. The lowest BCUT2D eigenvalue weighted by molar-refractivity contribution is -0.208. The first kappa shape index (κ1) is 46.0. The summed E-state index contributed by atoms with van der Waals surface area (Å²) >= 11 is 0. The molecule has 0 aliphatic carbocycles. The minimum atomic E-state index is -4.84. The van der Waals surface area contributed by atoms with E-state index >= 15 is 0 Å². The third-order valence-electron chi connectivity index (χ3n) is 11.1. The Morgan fingerprint density at radius 3 is 1.71 bits per heavy atom. The number of aldehydes is 1. The fourth-order valence-electron chi connectivity index (χ4n) is 7.67. The molecular weight excluding hydrogens is 822 g/mol. The molecule has 2 aliphatic rings. The molecule has 2 fully saturated rings. The molecule has 2 saturated heterocycles. The Balaban J connectivity index is 0.000000203. The van der Waals surface area contributed by atoms with Gasteiger partial charge in [0.1, 0.15) is 22.9 Å². The number of halogens is 3. The Morgan fingerprint density at radius 2 is 1.24 bits per heavy atom. The van der Waals surface area contributed by atoms with E-state index in [1.54, 1.807) is 48.4 Å². The number of hydrogen-bond acceptors (Lipinski definition) is 12. The van der Waals surface area contributed by atoms with Gasteiger partial charge in [0.2, 0.25) is 0 Å². The van der Waals surface area contributed by atoms with E-state index in [1.165, 1.54) is 28.9 Å². The van der Waals surface area contributed by atoms with E-state index in [-0.39, 0.29) is 48.0 Å². The summed E-state index contributed by atoms with van der Waals surface area (Å²) in [4.78, 5) is 52.6.